The molecule has 1 saturated heterocycles. The van der Waals surface area contributed by atoms with E-state index in [4.69, 9.17) is 28.5 Å². The van der Waals surface area contributed by atoms with Gasteiger partial charge in [0.1, 0.15) is 18.1 Å². The van der Waals surface area contributed by atoms with E-state index in [-0.39, 0.29) is 4.90 Å². The fourth-order valence-corrected chi connectivity index (χ4v) is 3.81. The Morgan fingerprint density at radius 3 is 2.19 bits per heavy atom. The molecule has 1 heterocycles. The van der Waals surface area contributed by atoms with Crippen molar-refractivity contribution in [1.29, 1.82) is 5.26 Å². The van der Waals surface area contributed by atoms with Crippen molar-refractivity contribution >= 4 is 34.8 Å². The van der Waals surface area contributed by atoms with Gasteiger partial charge in [-0.2, -0.15) is 44.8 Å². The van der Waals surface area contributed by atoms with Crippen LogP contribution in [0, 0.1) is 11.3 Å². The average Bonchev–Trinajstić information content (AvgIpc) is 3.01. The summed E-state index contributed by atoms with van der Waals surface area (Å²) < 4.78 is 119. The van der Waals surface area contributed by atoms with Crippen molar-refractivity contribution in [1.82, 2.24) is 10.9 Å². The Labute approximate surface area is 184 Å². The van der Waals surface area contributed by atoms with Crippen LogP contribution in [0.3, 0.4) is 0 Å². The molecule has 2 unspecified atom stereocenters. The Hall–Kier alpha value is -1.95. The summed E-state index contributed by atoms with van der Waals surface area (Å²) in [5.74, 6) is -1.68. The van der Waals surface area contributed by atoms with Gasteiger partial charge in [-0.25, -0.2) is 10.9 Å². The molecule has 1 fully saturated rings. The van der Waals surface area contributed by atoms with Gasteiger partial charge in [-0.05, 0) is 13.0 Å². The van der Waals surface area contributed by atoms with E-state index in [0.29, 0.717) is 6.07 Å². The van der Waals surface area contributed by atoms with Crippen LogP contribution in [-0.4, -0.2) is 36.4 Å². The van der Waals surface area contributed by atoms with Gasteiger partial charge >= 0.3 is 18.5 Å². The number of hydrazine groups is 1. The number of nitrogens with zero attached hydrogens (tertiary/aromatic N) is 2. The molecule has 178 valence electrons. The van der Waals surface area contributed by atoms with Crippen molar-refractivity contribution in [3.63, 3.8) is 0 Å². The molecule has 0 radical (unpaired) electrons. The van der Waals surface area contributed by atoms with Gasteiger partial charge in [0.2, 0.25) is 5.91 Å². The van der Waals surface area contributed by atoms with Crippen LogP contribution in [0.1, 0.15) is 24.5 Å². The van der Waals surface area contributed by atoms with Crippen molar-refractivity contribution in [2.75, 3.05) is 11.4 Å². The molecule has 1 aliphatic heterocycles. The molecule has 32 heavy (non-hydrogen) atoms. The highest BCUT2D eigenvalue weighted by molar-refractivity contribution is 6.40. The summed E-state index contributed by atoms with van der Waals surface area (Å²) >= 11 is 11.4. The van der Waals surface area contributed by atoms with Crippen molar-refractivity contribution in [2.45, 2.75) is 43.5 Å². The minimum Gasteiger partial charge on any atom is -0.299 e. The predicted molar refractivity (Wildman–Crippen MR) is 93.7 cm³/mol. The molecule has 2 atom stereocenters. The second kappa shape index (κ2) is 8.44. The van der Waals surface area contributed by atoms with Gasteiger partial charge in [0.05, 0.1) is 32.9 Å². The Balaban J connectivity index is 2.68. The number of carbonyl (C=O) groups is 1. The number of rotatable bonds is 3. The van der Waals surface area contributed by atoms with E-state index >= 15 is 0 Å². The lowest BCUT2D eigenvalue weighted by Gasteiger charge is -2.33. The molecular formula is C16H11Cl2F9N4O. The lowest BCUT2D eigenvalue weighted by Crippen LogP contribution is -2.56. The van der Waals surface area contributed by atoms with Crippen LogP contribution in [0.15, 0.2) is 6.07 Å². The van der Waals surface area contributed by atoms with E-state index in [1.807, 2.05) is 5.43 Å². The Bertz CT molecular complexity index is 955. The zero-order valence-electron chi connectivity index (χ0n) is 15.5. The molecule has 1 aromatic rings. The normalized spacial score (nSPS) is 22.0. The van der Waals surface area contributed by atoms with Crippen LogP contribution in [-0.2, 0) is 11.0 Å². The Kier molecular flexibility index (Phi) is 6.93. The smallest absolute Gasteiger partial charge is 0.299 e. The van der Waals surface area contributed by atoms with E-state index in [1.165, 1.54) is 0 Å². The number of anilines is 1. The molecule has 5 nitrogen and oxygen atoms in total. The number of halogens is 11. The summed E-state index contributed by atoms with van der Waals surface area (Å²) in [7, 11) is 0. The van der Waals surface area contributed by atoms with Crippen molar-refractivity contribution in [2.24, 2.45) is 0 Å². The minimum absolute atomic E-state index is 0.283. The fourth-order valence-electron chi connectivity index (χ4n) is 3.05. The summed E-state index contributed by atoms with van der Waals surface area (Å²) in [6.07, 6.45) is -16.5. The quantitative estimate of drug-likeness (QED) is 0.557. The molecule has 0 saturated carbocycles. The van der Waals surface area contributed by atoms with Gasteiger partial charge in [0, 0.05) is 6.42 Å². The Morgan fingerprint density at radius 1 is 1.22 bits per heavy atom. The SMILES string of the molecule is CC1(C(=O)N(CC(F)(F)F)c2c(Cl)cc(C#N)c(C(F)(F)F)c2Cl)CC(C(F)(F)F)NN1. The maximum absolute atomic E-state index is 13.4. The number of amides is 1. The van der Waals surface area contributed by atoms with Crippen LogP contribution in [0.25, 0.3) is 0 Å². The van der Waals surface area contributed by atoms with Gasteiger partial charge in [-0.3, -0.25) is 9.69 Å². The van der Waals surface area contributed by atoms with Crippen molar-refractivity contribution in [3.05, 3.63) is 27.2 Å². The molecule has 1 amide bonds. The predicted octanol–water partition coefficient (Wildman–Crippen LogP) is 4.97. The second-order valence-corrected chi connectivity index (χ2v) is 7.74. The molecule has 0 aliphatic carbocycles. The van der Waals surface area contributed by atoms with Crippen molar-refractivity contribution in [3.8, 4) is 6.07 Å². The van der Waals surface area contributed by atoms with Crippen LogP contribution in [0.2, 0.25) is 10.0 Å². The third-order valence-electron chi connectivity index (χ3n) is 4.45. The first-order valence-electron chi connectivity index (χ1n) is 8.29. The standard InChI is InChI=1S/C16H11Cl2F9N4O/c1-13(3-8(29-30-13)15(22,23)24)12(32)31(5-14(19,20)21)11-7(17)2-6(4-28)9(10(11)18)16(25,26)27/h2,8,29-30H,3,5H2,1H3. The molecule has 16 heteroatoms. The molecule has 0 aromatic heterocycles. The zero-order valence-corrected chi connectivity index (χ0v) is 17.0. The number of alkyl halides is 9. The van der Waals surface area contributed by atoms with E-state index in [2.05, 4.69) is 0 Å². The van der Waals surface area contributed by atoms with Crippen LogP contribution < -0.4 is 15.8 Å². The molecule has 0 spiro atoms. The third-order valence-corrected chi connectivity index (χ3v) is 5.11. The van der Waals surface area contributed by atoms with Crippen molar-refractivity contribution < 1.29 is 44.3 Å². The third kappa shape index (κ3) is 5.33. The molecular weight excluding hydrogens is 506 g/mol. The minimum atomic E-state index is -5.33. The van der Waals surface area contributed by atoms with Gasteiger partial charge < -0.3 is 0 Å². The second-order valence-electron chi connectivity index (χ2n) is 6.96. The van der Waals surface area contributed by atoms with Gasteiger partial charge in [0.25, 0.3) is 0 Å². The molecule has 2 N–H and O–H groups in total. The highest BCUT2D eigenvalue weighted by Crippen LogP contribution is 2.46. The van der Waals surface area contributed by atoms with Gasteiger partial charge in [-0.1, -0.05) is 23.2 Å². The number of nitriles is 1. The number of benzene rings is 1. The summed E-state index contributed by atoms with van der Waals surface area (Å²) in [5, 5.41) is 6.52. The first-order valence-corrected chi connectivity index (χ1v) is 9.05. The molecule has 1 aromatic carbocycles. The number of nitrogens with one attached hydrogen (secondary N) is 2. The maximum Gasteiger partial charge on any atom is 0.419 e. The average molecular weight is 517 g/mol. The topological polar surface area (TPSA) is 68.2 Å². The summed E-state index contributed by atoms with van der Waals surface area (Å²) in [6.45, 7) is -1.39. The van der Waals surface area contributed by atoms with E-state index in [0.717, 1.165) is 13.0 Å². The van der Waals surface area contributed by atoms with Crippen LogP contribution in [0.5, 0.6) is 0 Å². The van der Waals surface area contributed by atoms with Crippen LogP contribution >= 0.6 is 23.2 Å². The number of carbonyl (C=O) groups excluding carboxylic acids is 1. The lowest BCUT2D eigenvalue weighted by atomic mass is 9.93. The molecule has 1 aliphatic rings. The largest absolute Gasteiger partial charge is 0.419 e. The fraction of sp³-hybridized carbons (Fsp3) is 0.500. The number of hydrogen-bond donors (Lipinski definition) is 2. The Morgan fingerprint density at radius 2 is 1.78 bits per heavy atom. The highest BCUT2D eigenvalue weighted by Gasteiger charge is 2.54. The summed E-state index contributed by atoms with van der Waals surface area (Å²) in [5.41, 5.74) is -2.88. The summed E-state index contributed by atoms with van der Waals surface area (Å²) in [6, 6.07) is -0.817. The molecule has 2 rings (SSSR count). The maximum atomic E-state index is 13.4. The van der Waals surface area contributed by atoms with Crippen LogP contribution in [0.4, 0.5) is 45.2 Å². The number of hydrogen-bond acceptors (Lipinski definition) is 4. The van der Waals surface area contributed by atoms with E-state index < -0.39 is 75.8 Å². The monoisotopic (exact) mass is 516 g/mol. The van der Waals surface area contributed by atoms with Gasteiger partial charge in [0.15, 0.2) is 0 Å². The lowest BCUT2D eigenvalue weighted by molar-refractivity contribution is -0.153. The molecule has 0 bridgehead atoms. The van der Waals surface area contributed by atoms with Gasteiger partial charge in [-0.15, -0.1) is 0 Å². The zero-order chi connectivity index (χ0) is 24.9. The van der Waals surface area contributed by atoms with E-state index in [9.17, 15) is 44.3 Å². The summed E-state index contributed by atoms with van der Waals surface area (Å²) in [4.78, 5) is 12.6. The van der Waals surface area contributed by atoms with E-state index in [1.54, 1.807) is 5.43 Å². The highest BCUT2D eigenvalue weighted by atomic mass is 35.5. The first kappa shape index (κ1) is 26.3. The first-order chi connectivity index (χ1) is 14.3.